The van der Waals surface area contributed by atoms with Crippen molar-refractivity contribution < 1.29 is 27.4 Å². The maximum absolute atomic E-state index is 12.4. The molecule has 0 aliphatic rings. The summed E-state index contributed by atoms with van der Waals surface area (Å²) in [5.74, 6) is 0.216. The van der Waals surface area contributed by atoms with E-state index in [1.807, 2.05) is 20.8 Å². The van der Waals surface area contributed by atoms with Crippen molar-refractivity contribution in [2.45, 2.75) is 27.1 Å². The molecule has 1 amide bonds. The van der Waals surface area contributed by atoms with E-state index in [1.165, 1.54) is 12.1 Å². The largest absolute Gasteiger partial charge is 0.573 e. The zero-order valence-electron chi connectivity index (χ0n) is 18.9. The summed E-state index contributed by atoms with van der Waals surface area (Å²) in [6.07, 6.45) is -4.84. The summed E-state index contributed by atoms with van der Waals surface area (Å²) in [4.78, 5) is 12.4. The minimum atomic E-state index is -4.84. The average Bonchev–Trinajstić information content (AvgIpc) is 3.07. The Balaban J connectivity index is 1.39. The first-order chi connectivity index (χ1) is 16.6. The van der Waals surface area contributed by atoms with Crippen LogP contribution in [-0.2, 0) is 0 Å². The molecule has 0 fully saturated rings. The average molecular weight is 483 g/mol. The van der Waals surface area contributed by atoms with Gasteiger partial charge in [-0.05, 0) is 74.9 Å². The molecule has 180 valence electrons. The quantitative estimate of drug-likeness (QED) is 0.388. The van der Waals surface area contributed by atoms with Gasteiger partial charge in [-0.1, -0.05) is 6.07 Å². The van der Waals surface area contributed by atoms with Gasteiger partial charge >= 0.3 is 6.36 Å². The first kappa shape index (κ1) is 23.7. The molecule has 35 heavy (non-hydrogen) atoms. The van der Waals surface area contributed by atoms with Gasteiger partial charge in [0.15, 0.2) is 5.82 Å². The highest BCUT2D eigenvalue weighted by molar-refractivity contribution is 6.04. The summed E-state index contributed by atoms with van der Waals surface area (Å²) in [7, 11) is 0. The highest BCUT2D eigenvalue weighted by Crippen LogP contribution is 2.25. The number of nitrogens with one attached hydrogen (secondary N) is 1. The predicted molar refractivity (Wildman–Crippen MR) is 121 cm³/mol. The summed E-state index contributed by atoms with van der Waals surface area (Å²) >= 11 is 0. The van der Waals surface area contributed by atoms with E-state index in [4.69, 9.17) is 4.74 Å². The van der Waals surface area contributed by atoms with Crippen LogP contribution >= 0.6 is 0 Å². The van der Waals surface area contributed by atoms with Crippen LogP contribution in [0.2, 0.25) is 0 Å². The smallest absolute Gasteiger partial charge is 0.438 e. The number of anilines is 1. The number of carbonyl (C=O) groups is 1. The van der Waals surface area contributed by atoms with E-state index in [0.717, 1.165) is 29.1 Å². The molecular weight excluding hydrogens is 463 g/mol. The fraction of sp³-hybridized carbons (Fsp3) is 0.167. The lowest BCUT2D eigenvalue weighted by Gasteiger charge is -2.11. The molecule has 0 unspecified atom stereocenters. The highest BCUT2D eigenvalue weighted by Gasteiger charge is 2.31. The van der Waals surface area contributed by atoms with Crippen LogP contribution in [0.4, 0.5) is 18.9 Å². The molecule has 0 saturated heterocycles. The molecule has 0 aliphatic carbocycles. The lowest BCUT2D eigenvalue weighted by Crippen LogP contribution is -2.18. The molecule has 0 saturated carbocycles. The van der Waals surface area contributed by atoms with Crippen LogP contribution in [0.15, 0.2) is 60.7 Å². The summed E-state index contributed by atoms with van der Waals surface area (Å²) in [5, 5.41) is 15.3. The number of halogens is 3. The third kappa shape index (κ3) is 5.75. The van der Waals surface area contributed by atoms with Gasteiger partial charge in [0.25, 0.3) is 5.91 Å². The van der Waals surface area contributed by atoms with E-state index in [0.29, 0.717) is 17.3 Å². The van der Waals surface area contributed by atoms with Crippen molar-refractivity contribution in [3.05, 3.63) is 83.2 Å². The topological polar surface area (TPSA) is 91.2 Å². The molecular formula is C24H20F3N5O3. The van der Waals surface area contributed by atoms with E-state index in [2.05, 4.69) is 25.3 Å². The van der Waals surface area contributed by atoms with Crippen molar-refractivity contribution in [3.63, 3.8) is 0 Å². The number of rotatable bonds is 6. The summed E-state index contributed by atoms with van der Waals surface area (Å²) in [5.41, 5.74) is 3.41. The van der Waals surface area contributed by atoms with Gasteiger partial charge in [0.1, 0.15) is 11.5 Å². The molecule has 4 rings (SSSR count). The maximum Gasteiger partial charge on any atom is 0.573 e. The van der Waals surface area contributed by atoms with Crippen molar-refractivity contribution in [3.8, 4) is 23.2 Å². The Hall–Kier alpha value is -4.41. The second-order valence-corrected chi connectivity index (χ2v) is 7.59. The zero-order chi connectivity index (χ0) is 25.2. The second-order valence-electron chi connectivity index (χ2n) is 7.59. The molecule has 0 radical (unpaired) electrons. The predicted octanol–water partition coefficient (Wildman–Crippen LogP) is 5.53. The van der Waals surface area contributed by atoms with Gasteiger partial charge in [-0.3, -0.25) is 4.79 Å². The normalized spacial score (nSPS) is 11.3. The first-order valence-electron chi connectivity index (χ1n) is 10.4. The second kappa shape index (κ2) is 9.45. The Bertz CT molecular complexity index is 1350. The number of ether oxygens (including phenoxy) is 2. The van der Waals surface area contributed by atoms with E-state index >= 15 is 0 Å². The van der Waals surface area contributed by atoms with Gasteiger partial charge in [-0.2, -0.15) is 5.10 Å². The Morgan fingerprint density at radius 2 is 1.69 bits per heavy atom. The van der Waals surface area contributed by atoms with Gasteiger partial charge in [0, 0.05) is 23.0 Å². The van der Waals surface area contributed by atoms with Crippen LogP contribution in [-0.4, -0.2) is 32.2 Å². The number of carbonyl (C=O) groups excluding carboxylic acids is 1. The third-order valence-corrected chi connectivity index (χ3v) is 5.16. The molecule has 0 atom stereocenters. The monoisotopic (exact) mass is 483 g/mol. The number of hydrogen-bond donors (Lipinski definition) is 1. The highest BCUT2D eigenvalue weighted by atomic mass is 19.4. The molecule has 0 aliphatic heterocycles. The Labute approximate surface area is 198 Å². The number of hydrogen-bond acceptors (Lipinski definition) is 6. The Morgan fingerprint density at radius 3 is 2.29 bits per heavy atom. The van der Waals surface area contributed by atoms with Crippen molar-refractivity contribution in [1.82, 2.24) is 20.0 Å². The van der Waals surface area contributed by atoms with Crippen LogP contribution in [0.5, 0.6) is 17.4 Å². The molecule has 8 nitrogen and oxygen atoms in total. The van der Waals surface area contributed by atoms with Crippen molar-refractivity contribution in [2.24, 2.45) is 0 Å². The van der Waals surface area contributed by atoms with Crippen molar-refractivity contribution >= 4 is 11.6 Å². The number of amides is 1. The maximum atomic E-state index is 12.4. The van der Waals surface area contributed by atoms with E-state index in [9.17, 15) is 18.0 Å². The minimum Gasteiger partial charge on any atom is -0.438 e. The fourth-order valence-corrected chi connectivity index (χ4v) is 3.19. The van der Waals surface area contributed by atoms with Gasteiger partial charge in [0.05, 0.1) is 5.69 Å². The lowest BCUT2D eigenvalue weighted by atomic mass is 10.2. The zero-order valence-corrected chi connectivity index (χ0v) is 18.9. The Morgan fingerprint density at radius 1 is 0.943 bits per heavy atom. The van der Waals surface area contributed by atoms with Crippen LogP contribution in [0.3, 0.4) is 0 Å². The minimum absolute atomic E-state index is 0.0141. The number of aryl methyl sites for hydroxylation is 1. The van der Waals surface area contributed by atoms with Crippen LogP contribution in [0.25, 0.3) is 5.82 Å². The van der Waals surface area contributed by atoms with Gasteiger partial charge in [-0.15, -0.1) is 23.4 Å². The Kier molecular flexibility index (Phi) is 6.41. The van der Waals surface area contributed by atoms with Gasteiger partial charge in [0.2, 0.25) is 5.88 Å². The molecule has 0 spiro atoms. The lowest BCUT2D eigenvalue weighted by molar-refractivity contribution is -0.274. The standard InChI is InChI=1S/C24H20F3N5O3/c1-14-15(2)31-32(16(14)3)21-11-12-22(30-29-21)34-19-9-7-18(8-10-19)28-23(33)17-5-4-6-20(13-17)35-24(25,26)27/h4-13H,1-3H3,(H,28,33). The van der Waals surface area contributed by atoms with E-state index < -0.39 is 18.0 Å². The molecule has 0 bridgehead atoms. The number of benzene rings is 2. The molecule has 4 aromatic rings. The SMILES string of the molecule is Cc1nn(-c2ccc(Oc3ccc(NC(=O)c4cccc(OC(F)(F)F)c4)cc3)nn2)c(C)c1C. The van der Waals surface area contributed by atoms with E-state index in [1.54, 1.807) is 41.1 Å². The molecule has 2 heterocycles. The molecule has 11 heteroatoms. The number of alkyl halides is 3. The van der Waals surface area contributed by atoms with Crippen LogP contribution < -0.4 is 14.8 Å². The van der Waals surface area contributed by atoms with Gasteiger partial charge < -0.3 is 14.8 Å². The fourth-order valence-electron chi connectivity index (χ4n) is 3.19. The molecule has 1 N–H and O–H groups in total. The van der Waals surface area contributed by atoms with Crippen molar-refractivity contribution in [1.29, 1.82) is 0 Å². The first-order valence-corrected chi connectivity index (χ1v) is 10.4. The summed E-state index contributed by atoms with van der Waals surface area (Å²) in [6, 6.07) is 14.6. The number of nitrogens with zero attached hydrogens (tertiary/aromatic N) is 4. The summed E-state index contributed by atoms with van der Waals surface area (Å²) in [6.45, 7) is 5.87. The number of aromatic nitrogens is 4. The molecule has 2 aromatic carbocycles. The third-order valence-electron chi connectivity index (χ3n) is 5.16. The molecule has 2 aromatic heterocycles. The summed E-state index contributed by atoms with van der Waals surface area (Å²) < 4.78 is 48.4. The van der Waals surface area contributed by atoms with Crippen molar-refractivity contribution in [2.75, 3.05) is 5.32 Å². The van der Waals surface area contributed by atoms with E-state index in [-0.39, 0.29) is 11.4 Å². The van der Waals surface area contributed by atoms with Gasteiger partial charge in [-0.25, -0.2) is 4.68 Å². The van der Waals surface area contributed by atoms with Crippen LogP contribution in [0, 0.1) is 20.8 Å². The van der Waals surface area contributed by atoms with Crippen LogP contribution in [0.1, 0.15) is 27.3 Å².